The van der Waals surface area contributed by atoms with Gasteiger partial charge >= 0.3 is 0 Å². The van der Waals surface area contributed by atoms with E-state index in [1.54, 1.807) is 12.3 Å². The molecule has 26 heavy (non-hydrogen) atoms. The van der Waals surface area contributed by atoms with Gasteiger partial charge in [0.1, 0.15) is 0 Å². The first kappa shape index (κ1) is 18.5. The summed E-state index contributed by atoms with van der Waals surface area (Å²) < 4.78 is 5.82. The van der Waals surface area contributed by atoms with E-state index >= 15 is 0 Å². The molecule has 0 saturated carbocycles. The predicted octanol–water partition coefficient (Wildman–Crippen LogP) is 2.93. The first-order chi connectivity index (χ1) is 12.5. The number of hydrogen-bond acceptors (Lipinski definition) is 4. The molecule has 3 rings (SSSR count). The number of aromatic nitrogens is 1. The fraction of sp³-hybridized carbons (Fsp3) is 0.429. The Kier molecular flexibility index (Phi) is 6.01. The number of carbonyl (C=O) groups is 1. The van der Waals surface area contributed by atoms with Crippen LogP contribution in [0.4, 0.5) is 0 Å². The third-order valence-electron chi connectivity index (χ3n) is 4.62. The molecule has 2 heterocycles. The van der Waals surface area contributed by atoms with E-state index in [1.165, 1.54) is 5.56 Å². The first-order valence-corrected chi connectivity index (χ1v) is 9.16. The van der Waals surface area contributed by atoms with Crippen LogP contribution in [0.15, 0.2) is 42.6 Å². The second-order valence-electron chi connectivity index (χ2n) is 7.09. The summed E-state index contributed by atoms with van der Waals surface area (Å²) in [5.41, 5.74) is 3.88. The molecule has 1 fully saturated rings. The molecule has 0 unspecified atom stereocenters. The van der Waals surface area contributed by atoms with Crippen LogP contribution in [0.25, 0.3) is 0 Å². The summed E-state index contributed by atoms with van der Waals surface area (Å²) in [7, 11) is 0. The molecule has 1 saturated heterocycles. The molecule has 1 aliphatic heterocycles. The first-order valence-electron chi connectivity index (χ1n) is 9.16. The van der Waals surface area contributed by atoms with Crippen LogP contribution in [0.1, 0.15) is 41.0 Å². The molecular formula is C21H27N3O2. The number of carbonyl (C=O) groups excluding carboxylic acids is 1. The Morgan fingerprint density at radius 2 is 1.85 bits per heavy atom. The van der Waals surface area contributed by atoms with Crippen LogP contribution in [0.2, 0.25) is 0 Å². The third-order valence-corrected chi connectivity index (χ3v) is 4.62. The van der Waals surface area contributed by atoms with Crippen molar-refractivity contribution < 1.29 is 9.53 Å². The average Bonchev–Trinajstić information content (AvgIpc) is 2.60. The number of nitrogens with zero attached hydrogens (tertiary/aromatic N) is 2. The molecule has 1 aromatic carbocycles. The minimum Gasteiger partial charge on any atom is -0.373 e. The van der Waals surface area contributed by atoms with Gasteiger partial charge in [-0.3, -0.25) is 14.7 Å². The largest absolute Gasteiger partial charge is 0.373 e. The summed E-state index contributed by atoms with van der Waals surface area (Å²) in [6.45, 7) is 9.38. The van der Waals surface area contributed by atoms with Crippen LogP contribution in [0.3, 0.4) is 0 Å². The molecule has 1 N–H and O–H groups in total. The Morgan fingerprint density at radius 3 is 2.50 bits per heavy atom. The van der Waals surface area contributed by atoms with Gasteiger partial charge < -0.3 is 10.1 Å². The van der Waals surface area contributed by atoms with E-state index in [-0.39, 0.29) is 18.1 Å². The van der Waals surface area contributed by atoms with Crippen LogP contribution >= 0.6 is 0 Å². The summed E-state index contributed by atoms with van der Waals surface area (Å²) >= 11 is 0. The fourth-order valence-corrected chi connectivity index (χ4v) is 3.42. The van der Waals surface area contributed by atoms with E-state index in [0.717, 1.165) is 30.9 Å². The minimum absolute atomic E-state index is 0.0964. The van der Waals surface area contributed by atoms with Gasteiger partial charge in [-0.15, -0.1) is 0 Å². The summed E-state index contributed by atoms with van der Waals surface area (Å²) in [6, 6.07) is 11.9. The SMILES string of the molecule is Cc1ccc(C(=O)NCc2ccccc2CN2C[C@H](C)O[C@@H](C)C2)cn1. The highest BCUT2D eigenvalue weighted by Gasteiger charge is 2.22. The van der Waals surface area contributed by atoms with Crippen molar-refractivity contribution in [3.63, 3.8) is 0 Å². The van der Waals surface area contributed by atoms with Gasteiger partial charge in [0.25, 0.3) is 5.91 Å². The second kappa shape index (κ2) is 8.43. The fourth-order valence-electron chi connectivity index (χ4n) is 3.42. The van der Waals surface area contributed by atoms with Crippen LogP contribution in [-0.2, 0) is 17.8 Å². The Labute approximate surface area is 155 Å². The highest BCUT2D eigenvalue weighted by atomic mass is 16.5. The zero-order valence-electron chi connectivity index (χ0n) is 15.7. The van der Waals surface area contributed by atoms with Crippen molar-refractivity contribution in [2.75, 3.05) is 13.1 Å². The van der Waals surface area contributed by atoms with E-state index in [2.05, 4.69) is 47.2 Å². The summed E-state index contributed by atoms with van der Waals surface area (Å²) in [5.74, 6) is -0.0964. The molecule has 1 aliphatic rings. The third kappa shape index (κ3) is 4.90. The van der Waals surface area contributed by atoms with Crippen LogP contribution in [-0.4, -0.2) is 41.1 Å². The lowest BCUT2D eigenvalue weighted by atomic mass is 10.1. The van der Waals surface area contributed by atoms with Crippen molar-refractivity contribution >= 4 is 5.91 Å². The number of hydrogen-bond donors (Lipinski definition) is 1. The number of benzene rings is 1. The molecule has 5 heteroatoms. The number of ether oxygens (including phenoxy) is 1. The highest BCUT2D eigenvalue weighted by molar-refractivity contribution is 5.93. The number of nitrogens with one attached hydrogen (secondary N) is 1. The smallest absolute Gasteiger partial charge is 0.253 e. The lowest BCUT2D eigenvalue weighted by Gasteiger charge is -2.35. The van der Waals surface area contributed by atoms with Gasteiger partial charge in [-0.2, -0.15) is 0 Å². The average molecular weight is 353 g/mol. The molecule has 0 radical (unpaired) electrons. The van der Waals surface area contributed by atoms with E-state index in [1.807, 2.05) is 19.1 Å². The van der Waals surface area contributed by atoms with Gasteiger partial charge in [0.2, 0.25) is 0 Å². The van der Waals surface area contributed by atoms with Crippen molar-refractivity contribution in [1.82, 2.24) is 15.2 Å². The molecule has 5 nitrogen and oxygen atoms in total. The normalized spacial score (nSPS) is 20.7. The molecule has 2 aromatic rings. The molecule has 0 bridgehead atoms. The Hall–Kier alpha value is -2.24. The maximum atomic E-state index is 12.3. The van der Waals surface area contributed by atoms with E-state index in [0.29, 0.717) is 12.1 Å². The van der Waals surface area contributed by atoms with Crippen molar-refractivity contribution in [2.45, 2.75) is 46.1 Å². The topological polar surface area (TPSA) is 54.5 Å². The second-order valence-corrected chi connectivity index (χ2v) is 7.09. The van der Waals surface area contributed by atoms with Crippen molar-refractivity contribution in [3.05, 3.63) is 65.0 Å². The molecule has 138 valence electrons. The molecular weight excluding hydrogens is 326 g/mol. The Bertz CT molecular complexity index is 735. The van der Waals surface area contributed by atoms with Crippen LogP contribution < -0.4 is 5.32 Å². The number of aryl methyl sites for hydroxylation is 1. The van der Waals surface area contributed by atoms with Gasteiger partial charge in [-0.05, 0) is 44.0 Å². The van der Waals surface area contributed by atoms with Crippen LogP contribution in [0, 0.1) is 6.92 Å². The molecule has 2 atom stereocenters. The lowest BCUT2D eigenvalue weighted by molar-refractivity contribution is -0.0705. The molecule has 1 amide bonds. The summed E-state index contributed by atoms with van der Waals surface area (Å²) in [6.07, 6.45) is 2.12. The molecule has 0 aliphatic carbocycles. The van der Waals surface area contributed by atoms with E-state index in [4.69, 9.17) is 4.74 Å². The van der Waals surface area contributed by atoms with Crippen LogP contribution in [0.5, 0.6) is 0 Å². The monoisotopic (exact) mass is 353 g/mol. The van der Waals surface area contributed by atoms with Gasteiger partial charge in [0, 0.05) is 38.1 Å². The minimum atomic E-state index is -0.0964. The zero-order chi connectivity index (χ0) is 18.5. The summed E-state index contributed by atoms with van der Waals surface area (Å²) in [4.78, 5) is 18.9. The van der Waals surface area contributed by atoms with Gasteiger partial charge in [0.05, 0.1) is 17.8 Å². The van der Waals surface area contributed by atoms with Gasteiger partial charge in [-0.1, -0.05) is 24.3 Å². The van der Waals surface area contributed by atoms with Crippen molar-refractivity contribution in [1.29, 1.82) is 0 Å². The maximum absolute atomic E-state index is 12.3. The molecule has 0 spiro atoms. The van der Waals surface area contributed by atoms with E-state index in [9.17, 15) is 4.79 Å². The Balaban J connectivity index is 1.63. The molecule has 1 aromatic heterocycles. The predicted molar refractivity (Wildman–Crippen MR) is 102 cm³/mol. The van der Waals surface area contributed by atoms with E-state index < -0.39 is 0 Å². The maximum Gasteiger partial charge on any atom is 0.253 e. The highest BCUT2D eigenvalue weighted by Crippen LogP contribution is 2.17. The van der Waals surface area contributed by atoms with Gasteiger partial charge in [-0.25, -0.2) is 0 Å². The van der Waals surface area contributed by atoms with Crippen molar-refractivity contribution in [3.8, 4) is 0 Å². The zero-order valence-corrected chi connectivity index (χ0v) is 15.7. The summed E-state index contributed by atoms with van der Waals surface area (Å²) in [5, 5.41) is 3.01. The number of rotatable bonds is 5. The van der Waals surface area contributed by atoms with Crippen molar-refractivity contribution in [2.24, 2.45) is 0 Å². The van der Waals surface area contributed by atoms with Gasteiger partial charge in [0.15, 0.2) is 0 Å². The number of pyridine rings is 1. The quantitative estimate of drug-likeness (QED) is 0.898. The Morgan fingerprint density at radius 1 is 1.15 bits per heavy atom. The number of morpholine rings is 1. The number of amides is 1. The standard InChI is InChI=1S/C21H27N3O2/c1-15-8-9-19(11-22-15)21(25)23-10-18-6-4-5-7-20(18)14-24-12-16(2)26-17(3)13-24/h4-9,11,16-17H,10,12-14H2,1-3H3,(H,23,25)/t16-,17-/m0/s1. The lowest BCUT2D eigenvalue weighted by Crippen LogP contribution is -2.45.